The van der Waals surface area contributed by atoms with E-state index in [1.807, 2.05) is 41.1 Å². The van der Waals surface area contributed by atoms with Gasteiger partial charge in [-0.05, 0) is 25.3 Å². The lowest BCUT2D eigenvalue weighted by Gasteiger charge is -2.32. The molecule has 7 nitrogen and oxygen atoms in total. The van der Waals surface area contributed by atoms with Crippen molar-refractivity contribution in [3.05, 3.63) is 65.4 Å². The number of rotatable bonds is 7. The highest BCUT2D eigenvalue weighted by molar-refractivity contribution is 5.91. The largest absolute Gasteiger partial charge is 0.346 e. The van der Waals surface area contributed by atoms with Crippen LogP contribution in [0.1, 0.15) is 48.6 Å². The van der Waals surface area contributed by atoms with Crippen LogP contribution in [0.15, 0.2) is 42.6 Å². The molecule has 2 aromatic heterocycles. The van der Waals surface area contributed by atoms with Crippen molar-refractivity contribution < 1.29 is 4.79 Å². The van der Waals surface area contributed by atoms with Crippen molar-refractivity contribution in [1.82, 2.24) is 24.6 Å². The molecule has 1 aliphatic heterocycles. The maximum absolute atomic E-state index is 12.5. The second kappa shape index (κ2) is 9.26. The third-order valence-corrected chi connectivity index (χ3v) is 5.79. The fourth-order valence-corrected chi connectivity index (χ4v) is 4.09. The van der Waals surface area contributed by atoms with E-state index < -0.39 is 0 Å². The first-order valence-electron chi connectivity index (χ1n) is 10.8. The van der Waals surface area contributed by atoms with Crippen molar-refractivity contribution >= 4 is 11.7 Å². The number of hydrogen-bond donors (Lipinski definition) is 2. The average Bonchev–Trinajstić information content (AvgIpc) is 3.35. The van der Waals surface area contributed by atoms with E-state index in [1.54, 1.807) is 6.20 Å². The van der Waals surface area contributed by atoms with Crippen LogP contribution in [-0.2, 0) is 24.2 Å². The van der Waals surface area contributed by atoms with Gasteiger partial charge in [0.05, 0.1) is 24.4 Å². The number of aromatic nitrogens is 4. The zero-order valence-electron chi connectivity index (χ0n) is 17.8. The van der Waals surface area contributed by atoms with Crippen LogP contribution in [-0.4, -0.2) is 43.6 Å². The minimum Gasteiger partial charge on any atom is -0.346 e. The van der Waals surface area contributed by atoms with Gasteiger partial charge in [0.15, 0.2) is 0 Å². The average molecular weight is 407 g/mol. The number of benzene rings is 1. The molecule has 3 aromatic rings. The van der Waals surface area contributed by atoms with Crippen LogP contribution in [0.3, 0.4) is 0 Å². The molecule has 0 aliphatic carbocycles. The van der Waals surface area contributed by atoms with Gasteiger partial charge < -0.3 is 10.3 Å². The Labute approximate surface area is 177 Å². The lowest BCUT2D eigenvalue weighted by Crippen LogP contribution is -2.35. The molecule has 2 N–H and O–H groups in total. The maximum atomic E-state index is 12.5. The van der Waals surface area contributed by atoms with Crippen LogP contribution < -0.4 is 5.32 Å². The first-order valence-corrected chi connectivity index (χ1v) is 10.8. The maximum Gasteiger partial charge on any atom is 0.229 e. The molecule has 1 fully saturated rings. The number of aromatic amines is 1. The van der Waals surface area contributed by atoms with Gasteiger partial charge in [0.1, 0.15) is 11.6 Å². The van der Waals surface area contributed by atoms with Crippen LogP contribution in [0.25, 0.3) is 0 Å². The van der Waals surface area contributed by atoms with Crippen molar-refractivity contribution in [3.8, 4) is 0 Å². The Hall–Kier alpha value is -2.93. The highest BCUT2D eigenvalue weighted by Crippen LogP contribution is 2.26. The molecule has 3 heterocycles. The zero-order chi connectivity index (χ0) is 20.9. The van der Waals surface area contributed by atoms with Gasteiger partial charge in [-0.15, -0.1) is 0 Å². The Morgan fingerprint density at radius 3 is 2.67 bits per heavy atom. The van der Waals surface area contributed by atoms with Gasteiger partial charge in [-0.1, -0.05) is 37.3 Å². The van der Waals surface area contributed by atoms with E-state index in [4.69, 9.17) is 4.98 Å². The number of H-pyrrole nitrogens is 1. The summed E-state index contributed by atoms with van der Waals surface area (Å²) in [5.41, 5.74) is 3.33. The highest BCUT2D eigenvalue weighted by Gasteiger charge is 2.24. The molecule has 0 radical (unpaired) electrons. The molecule has 0 bridgehead atoms. The van der Waals surface area contributed by atoms with Crippen molar-refractivity contribution in [2.45, 2.75) is 52.1 Å². The molecule has 0 atom stereocenters. The summed E-state index contributed by atoms with van der Waals surface area (Å²) in [6.45, 7) is 7.09. The molecule has 30 heavy (non-hydrogen) atoms. The Morgan fingerprint density at radius 1 is 1.20 bits per heavy atom. The fraction of sp³-hybridized carbons (Fsp3) is 0.435. The first kappa shape index (κ1) is 20.3. The SMILES string of the molecule is CCc1nc(CN2CCC(n3nccc3NC(=O)Cc3ccccc3)CC2)c(C)[nH]1. The molecule has 0 saturated carbocycles. The first-order chi connectivity index (χ1) is 14.6. The summed E-state index contributed by atoms with van der Waals surface area (Å²) in [6, 6.07) is 12.0. The number of carbonyl (C=O) groups is 1. The number of piperidine rings is 1. The van der Waals surface area contributed by atoms with Gasteiger partial charge in [0, 0.05) is 37.8 Å². The Kier molecular flexibility index (Phi) is 6.28. The molecular formula is C23H30N6O. The standard InChI is InChI=1S/C23H30N6O/c1-3-21-25-17(2)20(26-21)16-28-13-10-19(11-14-28)29-22(9-12-24-29)27-23(30)15-18-7-5-4-6-8-18/h4-9,12,19H,3,10-11,13-16H2,1-2H3,(H,25,26)(H,27,30). The molecule has 1 saturated heterocycles. The second-order valence-electron chi connectivity index (χ2n) is 7.99. The molecule has 1 aliphatic rings. The van der Waals surface area contributed by atoms with E-state index in [9.17, 15) is 4.79 Å². The van der Waals surface area contributed by atoms with E-state index in [0.29, 0.717) is 12.5 Å². The molecule has 0 unspecified atom stereocenters. The van der Waals surface area contributed by atoms with Gasteiger partial charge in [-0.2, -0.15) is 5.10 Å². The summed E-state index contributed by atoms with van der Waals surface area (Å²) in [6.07, 6.45) is 5.08. The number of aryl methyl sites for hydroxylation is 2. The Bertz CT molecular complexity index is 969. The summed E-state index contributed by atoms with van der Waals surface area (Å²) >= 11 is 0. The minimum absolute atomic E-state index is 0.0129. The summed E-state index contributed by atoms with van der Waals surface area (Å²) in [5.74, 6) is 1.83. The smallest absolute Gasteiger partial charge is 0.229 e. The van der Waals surface area contributed by atoms with Crippen LogP contribution >= 0.6 is 0 Å². The fourth-order valence-electron chi connectivity index (χ4n) is 4.09. The number of hydrogen-bond acceptors (Lipinski definition) is 4. The van der Waals surface area contributed by atoms with Gasteiger partial charge in [0.25, 0.3) is 0 Å². The summed E-state index contributed by atoms with van der Waals surface area (Å²) in [7, 11) is 0. The lowest BCUT2D eigenvalue weighted by atomic mass is 10.0. The van der Waals surface area contributed by atoms with Gasteiger partial charge in [0.2, 0.25) is 5.91 Å². The van der Waals surface area contributed by atoms with Gasteiger partial charge in [-0.25, -0.2) is 9.67 Å². The molecular weight excluding hydrogens is 376 g/mol. The molecule has 7 heteroatoms. The van der Waals surface area contributed by atoms with Crippen LogP contribution in [0.4, 0.5) is 5.82 Å². The number of amides is 1. The van der Waals surface area contributed by atoms with Crippen molar-refractivity contribution in [2.24, 2.45) is 0 Å². The number of imidazole rings is 1. The molecule has 0 spiro atoms. The number of anilines is 1. The van der Waals surface area contributed by atoms with Crippen LogP contribution in [0.2, 0.25) is 0 Å². The lowest BCUT2D eigenvalue weighted by molar-refractivity contribution is -0.115. The molecule has 1 amide bonds. The van der Waals surface area contributed by atoms with E-state index in [-0.39, 0.29) is 5.91 Å². The quantitative estimate of drug-likeness (QED) is 0.629. The van der Waals surface area contributed by atoms with E-state index in [1.165, 1.54) is 5.69 Å². The van der Waals surface area contributed by atoms with Gasteiger partial charge in [-0.3, -0.25) is 9.69 Å². The molecule has 4 rings (SSSR count). The molecule has 1 aromatic carbocycles. The Morgan fingerprint density at radius 2 is 1.97 bits per heavy atom. The van der Waals surface area contributed by atoms with Crippen molar-refractivity contribution in [3.63, 3.8) is 0 Å². The van der Waals surface area contributed by atoms with Crippen LogP contribution in [0.5, 0.6) is 0 Å². The predicted octanol–water partition coefficient (Wildman–Crippen LogP) is 3.50. The summed E-state index contributed by atoms with van der Waals surface area (Å²) in [5, 5.41) is 7.54. The number of nitrogens with one attached hydrogen (secondary N) is 2. The summed E-state index contributed by atoms with van der Waals surface area (Å²) in [4.78, 5) is 23.0. The Balaban J connectivity index is 1.32. The third-order valence-electron chi connectivity index (χ3n) is 5.79. The number of carbonyl (C=O) groups excluding carboxylic acids is 1. The number of nitrogens with zero attached hydrogens (tertiary/aromatic N) is 4. The van der Waals surface area contributed by atoms with Crippen molar-refractivity contribution in [2.75, 3.05) is 18.4 Å². The summed E-state index contributed by atoms with van der Waals surface area (Å²) < 4.78 is 1.98. The second-order valence-corrected chi connectivity index (χ2v) is 7.99. The topological polar surface area (TPSA) is 78.8 Å². The molecule has 158 valence electrons. The van der Waals surface area contributed by atoms with Crippen molar-refractivity contribution in [1.29, 1.82) is 0 Å². The van der Waals surface area contributed by atoms with Crippen LogP contribution in [0, 0.1) is 6.92 Å². The zero-order valence-corrected chi connectivity index (χ0v) is 17.8. The monoisotopic (exact) mass is 406 g/mol. The van der Waals surface area contributed by atoms with E-state index >= 15 is 0 Å². The number of likely N-dealkylation sites (tertiary alicyclic amines) is 1. The van der Waals surface area contributed by atoms with E-state index in [0.717, 1.165) is 61.8 Å². The highest BCUT2D eigenvalue weighted by atomic mass is 16.1. The van der Waals surface area contributed by atoms with Gasteiger partial charge >= 0.3 is 0 Å². The predicted molar refractivity (Wildman–Crippen MR) is 117 cm³/mol. The minimum atomic E-state index is -0.0129. The third kappa shape index (κ3) is 4.79. The van der Waals surface area contributed by atoms with E-state index in [2.05, 4.69) is 34.1 Å². The normalized spacial score (nSPS) is 15.4.